The molecule has 1 N–H and O–H groups in total. The van der Waals surface area contributed by atoms with Gasteiger partial charge in [0.05, 0.1) is 12.7 Å². The van der Waals surface area contributed by atoms with Crippen LogP contribution in [-0.4, -0.2) is 41.8 Å². The van der Waals surface area contributed by atoms with Gasteiger partial charge in [-0.05, 0) is 26.7 Å². The molecule has 1 unspecified atom stereocenters. The fourth-order valence-corrected chi connectivity index (χ4v) is 2.10. The van der Waals surface area contributed by atoms with Crippen LogP contribution >= 0.6 is 0 Å². The van der Waals surface area contributed by atoms with E-state index in [1.807, 2.05) is 6.92 Å². The Kier molecular flexibility index (Phi) is 3.99. The van der Waals surface area contributed by atoms with Gasteiger partial charge in [0.25, 0.3) is 0 Å². The van der Waals surface area contributed by atoms with Crippen molar-refractivity contribution >= 4 is 11.8 Å². The summed E-state index contributed by atoms with van der Waals surface area (Å²) in [6, 6.07) is 1.80. The van der Waals surface area contributed by atoms with Gasteiger partial charge < -0.3 is 14.8 Å². The molecule has 0 aromatic carbocycles. The summed E-state index contributed by atoms with van der Waals surface area (Å²) in [6.07, 6.45) is 2.10. The number of esters is 1. The van der Waals surface area contributed by atoms with Crippen molar-refractivity contribution in [3.8, 4) is 0 Å². The predicted molar refractivity (Wildman–Crippen MR) is 70.2 cm³/mol. The average Bonchev–Trinajstić information content (AvgIpc) is 2.82. The van der Waals surface area contributed by atoms with Gasteiger partial charge in [-0.1, -0.05) is 0 Å². The van der Waals surface area contributed by atoms with Crippen LogP contribution in [0.25, 0.3) is 0 Å². The first-order valence-corrected chi connectivity index (χ1v) is 6.34. The van der Waals surface area contributed by atoms with Gasteiger partial charge in [0.1, 0.15) is 5.82 Å². The molecular formula is C13H19N3O3. The Morgan fingerprint density at radius 1 is 1.58 bits per heavy atom. The number of ether oxygens (including phenoxy) is 2. The van der Waals surface area contributed by atoms with Crippen LogP contribution in [-0.2, 0) is 9.47 Å². The molecular weight excluding hydrogens is 246 g/mol. The second kappa shape index (κ2) is 5.52. The molecule has 0 amide bonds. The van der Waals surface area contributed by atoms with E-state index in [1.54, 1.807) is 6.07 Å². The number of anilines is 1. The van der Waals surface area contributed by atoms with Crippen LogP contribution in [0.4, 0.5) is 5.82 Å². The highest BCUT2D eigenvalue weighted by Gasteiger charge is 2.29. The van der Waals surface area contributed by atoms with E-state index in [1.165, 1.54) is 7.11 Å². The number of carbonyl (C=O) groups excluding carboxylic acids is 1. The van der Waals surface area contributed by atoms with Crippen LogP contribution < -0.4 is 5.32 Å². The predicted octanol–water partition coefficient (Wildman–Crippen LogP) is 1.55. The molecule has 0 spiro atoms. The van der Waals surface area contributed by atoms with Crippen LogP contribution in [0, 0.1) is 6.92 Å². The van der Waals surface area contributed by atoms with Crippen LogP contribution in [0.1, 0.15) is 36.1 Å². The number of rotatable bonds is 4. The summed E-state index contributed by atoms with van der Waals surface area (Å²) in [6.45, 7) is 5.34. The highest BCUT2D eigenvalue weighted by atomic mass is 16.5. The molecule has 6 heteroatoms. The van der Waals surface area contributed by atoms with Crippen molar-refractivity contribution in [1.82, 2.24) is 9.97 Å². The maximum Gasteiger partial charge on any atom is 0.376 e. The molecule has 2 heterocycles. The molecule has 0 saturated carbocycles. The molecule has 1 saturated heterocycles. The third kappa shape index (κ3) is 3.41. The monoisotopic (exact) mass is 265 g/mol. The smallest absolute Gasteiger partial charge is 0.376 e. The van der Waals surface area contributed by atoms with Gasteiger partial charge in [-0.25, -0.2) is 14.8 Å². The first-order valence-electron chi connectivity index (χ1n) is 6.34. The summed E-state index contributed by atoms with van der Waals surface area (Å²) in [5, 5.41) is 3.20. The van der Waals surface area contributed by atoms with Crippen LogP contribution in [0.15, 0.2) is 6.07 Å². The zero-order chi connectivity index (χ0) is 13.9. The number of nitrogens with one attached hydrogen (secondary N) is 1. The van der Waals surface area contributed by atoms with E-state index in [-0.39, 0.29) is 11.4 Å². The Bertz CT molecular complexity index is 470. The summed E-state index contributed by atoms with van der Waals surface area (Å²) < 4.78 is 10.3. The molecule has 104 valence electrons. The van der Waals surface area contributed by atoms with Gasteiger partial charge in [-0.2, -0.15) is 0 Å². The first kappa shape index (κ1) is 13.7. The molecule has 2 rings (SSSR count). The number of aryl methyl sites for hydroxylation is 1. The highest BCUT2D eigenvalue weighted by Crippen LogP contribution is 2.25. The Hall–Kier alpha value is -1.69. The Morgan fingerprint density at radius 3 is 3.00 bits per heavy atom. The Labute approximate surface area is 112 Å². The third-order valence-electron chi connectivity index (χ3n) is 3.17. The number of aromatic nitrogens is 2. The van der Waals surface area contributed by atoms with E-state index in [0.717, 1.165) is 25.1 Å². The molecule has 1 fully saturated rings. The minimum Gasteiger partial charge on any atom is -0.463 e. The van der Waals surface area contributed by atoms with Crippen molar-refractivity contribution in [3.63, 3.8) is 0 Å². The minimum atomic E-state index is -0.532. The maximum atomic E-state index is 11.4. The number of carbonyl (C=O) groups is 1. The normalized spacial score (nSPS) is 22.3. The lowest BCUT2D eigenvalue weighted by Gasteiger charge is -2.23. The summed E-state index contributed by atoms with van der Waals surface area (Å²) in [7, 11) is 1.31. The highest BCUT2D eigenvalue weighted by molar-refractivity contribution is 5.85. The topological polar surface area (TPSA) is 73.3 Å². The Morgan fingerprint density at radius 2 is 2.37 bits per heavy atom. The van der Waals surface area contributed by atoms with Gasteiger partial charge in [0, 0.05) is 24.9 Å². The molecule has 1 atom stereocenters. The maximum absolute atomic E-state index is 11.4. The number of methoxy groups -OCH3 is 1. The quantitative estimate of drug-likeness (QED) is 0.833. The van der Waals surface area contributed by atoms with Crippen molar-refractivity contribution in [2.45, 2.75) is 32.3 Å². The Balaban J connectivity index is 2.07. The number of nitrogens with zero attached hydrogens (tertiary/aromatic N) is 2. The molecule has 1 aliphatic rings. The second-order valence-corrected chi connectivity index (χ2v) is 4.97. The van der Waals surface area contributed by atoms with Crippen molar-refractivity contribution < 1.29 is 14.3 Å². The third-order valence-corrected chi connectivity index (χ3v) is 3.17. The standard InChI is InChI=1S/C13H19N3O3/c1-9-7-10(16-11(15-9)12(17)18-3)14-8-13(2)5-4-6-19-13/h7H,4-6,8H2,1-3H3,(H,14,15,16). The molecule has 1 aromatic rings. The van der Waals surface area contributed by atoms with E-state index < -0.39 is 5.97 Å². The van der Waals surface area contributed by atoms with Gasteiger partial charge in [0.2, 0.25) is 5.82 Å². The van der Waals surface area contributed by atoms with Crippen LogP contribution in [0.2, 0.25) is 0 Å². The fourth-order valence-electron chi connectivity index (χ4n) is 2.10. The number of hydrogen-bond donors (Lipinski definition) is 1. The number of hydrogen-bond acceptors (Lipinski definition) is 6. The van der Waals surface area contributed by atoms with Crippen molar-refractivity contribution in [1.29, 1.82) is 0 Å². The van der Waals surface area contributed by atoms with E-state index in [9.17, 15) is 4.79 Å². The lowest BCUT2D eigenvalue weighted by Crippen LogP contribution is -2.33. The van der Waals surface area contributed by atoms with Crippen LogP contribution in [0.3, 0.4) is 0 Å². The molecule has 0 bridgehead atoms. The summed E-state index contributed by atoms with van der Waals surface area (Å²) in [4.78, 5) is 19.6. The largest absolute Gasteiger partial charge is 0.463 e. The van der Waals surface area contributed by atoms with Crippen molar-refractivity contribution in [2.75, 3.05) is 25.6 Å². The molecule has 0 aliphatic carbocycles. The lowest BCUT2D eigenvalue weighted by molar-refractivity contribution is 0.0314. The molecule has 0 radical (unpaired) electrons. The summed E-state index contributed by atoms with van der Waals surface area (Å²) in [5.74, 6) is 0.155. The van der Waals surface area contributed by atoms with Gasteiger partial charge >= 0.3 is 5.97 Å². The molecule has 1 aliphatic heterocycles. The SMILES string of the molecule is COC(=O)c1nc(C)cc(NCC2(C)CCCO2)n1. The van der Waals surface area contributed by atoms with E-state index in [0.29, 0.717) is 12.4 Å². The molecule has 1 aromatic heterocycles. The lowest BCUT2D eigenvalue weighted by atomic mass is 10.0. The summed E-state index contributed by atoms with van der Waals surface area (Å²) in [5.41, 5.74) is 0.556. The summed E-state index contributed by atoms with van der Waals surface area (Å²) >= 11 is 0. The first-order chi connectivity index (χ1) is 9.02. The van der Waals surface area contributed by atoms with Crippen molar-refractivity contribution in [2.24, 2.45) is 0 Å². The second-order valence-electron chi connectivity index (χ2n) is 4.97. The molecule has 6 nitrogen and oxygen atoms in total. The minimum absolute atomic E-state index is 0.0718. The van der Waals surface area contributed by atoms with E-state index in [2.05, 4.69) is 26.9 Å². The van der Waals surface area contributed by atoms with E-state index in [4.69, 9.17) is 4.74 Å². The average molecular weight is 265 g/mol. The van der Waals surface area contributed by atoms with Gasteiger partial charge in [0.15, 0.2) is 0 Å². The zero-order valence-electron chi connectivity index (χ0n) is 11.5. The van der Waals surface area contributed by atoms with Gasteiger partial charge in [-0.3, -0.25) is 0 Å². The van der Waals surface area contributed by atoms with E-state index >= 15 is 0 Å². The van der Waals surface area contributed by atoms with Crippen LogP contribution in [0.5, 0.6) is 0 Å². The van der Waals surface area contributed by atoms with Crippen molar-refractivity contribution in [3.05, 3.63) is 17.6 Å². The zero-order valence-corrected chi connectivity index (χ0v) is 11.5. The molecule has 19 heavy (non-hydrogen) atoms. The fraction of sp³-hybridized carbons (Fsp3) is 0.615. The van der Waals surface area contributed by atoms with Gasteiger partial charge in [-0.15, -0.1) is 0 Å².